The Labute approximate surface area is 186 Å². The van der Waals surface area contributed by atoms with Gasteiger partial charge in [-0.1, -0.05) is 18.2 Å². The number of benzene rings is 2. The van der Waals surface area contributed by atoms with Crippen LogP contribution in [0.15, 0.2) is 48.0 Å². The van der Waals surface area contributed by atoms with Crippen molar-refractivity contribution in [1.29, 1.82) is 0 Å². The molecule has 0 aromatic heterocycles. The number of Topliss-reactive ketones (excluding diaryl/α,β-unsaturated/α-hetero) is 1. The first-order valence-electron chi connectivity index (χ1n) is 10.2. The van der Waals surface area contributed by atoms with Crippen LogP contribution < -0.4 is 9.47 Å². The lowest BCUT2D eigenvalue weighted by Crippen LogP contribution is -2.32. The fourth-order valence-corrected chi connectivity index (χ4v) is 3.85. The number of para-hydroxylation sites is 1. The summed E-state index contributed by atoms with van der Waals surface area (Å²) in [6.45, 7) is 1.02. The number of nitrogens with zero attached hydrogens (tertiary/aromatic N) is 2. The van der Waals surface area contributed by atoms with Crippen molar-refractivity contribution < 1.29 is 28.6 Å². The first-order chi connectivity index (χ1) is 15.3. The Balaban J connectivity index is 2.15. The van der Waals surface area contributed by atoms with Crippen LogP contribution in [0.4, 0.5) is 4.39 Å². The minimum atomic E-state index is -0.863. The summed E-state index contributed by atoms with van der Waals surface area (Å²) in [7, 11) is 6.67. The molecule has 0 spiro atoms. The molecule has 0 saturated carbocycles. The Morgan fingerprint density at radius 2 is 1.78 bits per heavy atom. The summed E-state index contributed by atoms with van der Waals surface area (Å²) in [5.74, 6) is -2.19. The average molecular weight is 442 g/mol. The molecule has 0 unspecified atom stereocenters. The zero-order valence-corrected chi connectivity index (χ0v) is 18.6. The minimum absolute atomic E-state index is 0.00645. The molecule has 1 aliphatic rings. The molecule has 0 radical (unpaired) electrons. The summed E-state index contributed by atoms with van der Waals surface area (Å²) < 4.78 is 24.7. The monoisotopic (exact) mass is 442 g/mol. The molecule has 3 rings (SSSR count). The van der Waals surface area contributed by atoms with Gasteiger partial charge in [0.15, 0.2) is 11.6 Å². The number of likely N-dealkylation sites (tertiary alicyclic amines) is 1. The van der Waals surface area contributed by atoms with E-state index in [9.17, 15) is 19.1 Å². The van der Waals surface area contributed by atoms with Gasteiger partial charge in [0.1, 0.15) is 11.5 Å². The number of halogens is 1. The SMILES string of the molecule is COc1ccc(C(O)=C2C(=O)C(=O)N(CCCN(C)C)[C@@H]2c2ccccc2OC)cc1F. The molecule has 1 atom stereocenters. The van der Waals surface area contributed by atoms with Crippen molar-refractivity contribution in [3.63, 3.8) is 0 Å². The number of methoxy groups -OCH3 is 2. The first kappa shape index (κ1) is 23.3. The molecular formula is C24H27FN2O5. The first-order valence-corrected chi connectivity index (χ1v) is 10.2. The second-order valence-corrected chi connectivity index (χ2v) is 7.74. The second kappa shape index (κ2) is 9.82. The number of hydrogen-bond acceptors (Lipinski definition) is 6. The molecule has 2 aromatic rings. The van der Waals surface area contributed by atoms with E-state index in [4.69, 9.17) is 9.47 Å². The smallest absolute Gasteiger partial charge is 0.295 e. The van der Waals surface area contributed by atoms with Crippen LogP contribution in [0.3, 0.4) is 0 Å². The van der Waals surface area contributed by atoms with Gasteiger partial charge in [0, 0.05) is 17.7 Å². The van der Waals surface area contributed by atoms with Crippen molar-refractivity contribution in [3.05, 3.63) is 65.0 Å². The van der Waals surface area contributed by atoms with Crippen molar-refractivity contribution >= 4 is 17.4 Å². The summed E-state index contributed by atoms with van der Waals surface area (Å²) >= 11 is 0. The lowest BCUT2D eigenvalue weighted by molar-refractivity contribution is -0.140. The highest BCUT2D eigenvalue weighted by Gasteiger charge is 2.46. The van der Waals surface area contributed by atoms with Crippen LogP contribution in [0.25, 0.3) is 5.76 Å². The number of carbonyl (C=O) groups excluding carboxylic acids is 2. The van der Waals surface area contributed by atoms with Gasteiger partial charge in [-0.05, 0) is 51.3 Å². The summed E-state index contributed by atoms with van der Waals surface area (Å²) in [5.41, 5.74) is 0.540. The molecule has 0 bridgehead atoms. The summed E-state index contributed by atoms with van der Waals surface area (Å²) in [6.07, 6.45) is 0.628. The predicted octanol–water partition coefficient (Wildman–Crippen LogP) is 3.22. The largest absolute Gasteiger partial charge is 0.507 e. The topological polar surface area (TPSA) is 79.3 Å². The van der Waals surface area contributed by atoms with E-state index in [-0.39, 0.29) is 16.9 Å². The molecule has 2 aromatic carbocycles. The van der Waals surface area contributed by atoms with E-state index in [1.165, 1.54) is 31.3 Å². The summed E-state index contributed by atoms with van der Waals surface area (Å²) in [6, 6.07) is 10.0. The van der Waals surface area contributed by atoms with Gasteiger partial charge in [0.25, 0.3) is 11.7 Å². The van der Waals surface area contributed by atoms with E-state index in [0.717, 1.165) is 6.07 Å². The van der Waals surface area contributed by atoms with Crippen LogP contribution in [-0.4, -0.2) is 68.0 Å². The quantitative estimate of drug-likeness (QED) is 0.384. The Bertz CT molecular complexity index is 1050. The standard InChI is InChI=1S/C24H27FN2O5/c1-26(2)12-7-13-27-21(16-8-5-6-9-18(16)31-3)20(23(29)24(27)30)22(28)15-10-11-19(32-4)17(25)14-15/h5-6,8-11,14,21,28H,7,12-13H2,1-4H3/t21-/m1/s1. The van der Waals surface area contributed by atoms with Crippen LogP contribution in [0.5, 0.6) is 11.5 Å². The van der Waals surface area contributed by atoms with E-state index in [1.54, 1.807) is 24.3 Å². The Morgan fingerprint density at radius 1 is 1.09 bits per heavy atom. The number of hydrogen-bond donors (Lipinski definition) is 1. The number of carbonyl (C=O) groups is 2. The van der Waals surface area contributed by atoms with Gasteiger partial charge in [0.05, 0.1) is 25.8 Å². The molecule has 1 heterocycles. The van der Waals surface area contributed by atoms with E-state index >= 15 is 0 Å². The molecular weight excluding hydrogens is 415 g/mol. The molecule has 170 valence electrons. The van der Waals surface area contributed by atoms with Crippen LogP contribution in [0.2, 0.25) is 0 Å². The van der Waals surface area contributed by atoms with Crippen molar-refractivity contribution in [3.8, 4) is 11.5 Å². The van der Waals surface area contributed by atoms with Crippen LogP contribution in [0.1, 0.15) is 23.6 Å². The van der Waals surface area contributed by atoms with Crippen LogP contribution in [-0.2, 0) is 9.59 Å². The third-order valence-corrected chi connectivity index (χ3v) is 5.40. The molecule has 0 aliphatic carbocycles. The highest BCUT2D eigenvalue weighted by molar-refractivity contribution is 6.46. The van der Waals surface area contributed by atoms with Crippen LogP contribution in [0, 0.1) is 5.82 Å². The van der Waals surface area contributed by atoms with E-state index in [1.807, 2.05) is 19.0 Å². The fourth-order valence-electron chi connectivity index (χ4n) is 3.85. The molecule has 1 aliphatic heterocycles. The van der Waals surface area contributed by atoms with Gasteiger partial charge in [0.2, 0.25) is 0 Å². The fraction of sp³-hybridized carbons (Fsp3) is 0.333. The van der Waals surface area contributed by atoms with Crippen molar-refractivity contribution in [2.75, 3.05) is 41.4 Å². The molecule has 1 N–H and O–H groups in total. The molecule has 8 heteroatoms. The van der Waals surface area contributed by atoms with Gasteiger partial charge in [-0.15, -0.1) is 0 Å². The number of ketones is 1. The molecule has 1 fully saturated rings. The molecule has 32 heavy (non-hydrogen) atoms. The minimum Gasteiger partial charge on any atom is -0.507 e. The second-order valence-electron chi connectivity index (χ2n) is 7.74. The van der Waals surface area contributed by atoms with Crippen molar-refractivity contribution in [2.45, 2.75) is 12.5 Å². The third-order valence-electron chi connectivity index (χ3n) is 5.40. The number of aliphatic hydroxyl groups is 1. The molecule has 7 nitrogen and oxygen atoms in total. The van der Waals surface area contributed by atoms with Gasteiger partial charge >= 0.3 is 0 Å². The third kappa shape index (κ3) is 4.45. The lowest BCUT2D eigenvalue weighted by Gasteiger charge is -2.27. The highest BCUT2D eigenvalue weighted by atomic mass is 19.1. The Morgan fingerprint density at radius 3 is 2.41 bits per heavy atom. The van der Waals surface area contributed by atoms with E-state index in [0.29, 0.717) is 30.8 Å². The zero-order valence-electron chi connectivity index (χ0n) is 18.6. The summed E-state index contributed by atoms with van der Waals surface area (Å²) in [5, 5.41) is 11.0. The number of ether oxygens (including phenoxy) is 2. The van der Waals surface area contributed by atoms with Gasteiger partial charge < -0.3 is 24.4 Å². The molecule has 1 amide bonds. The summed E-state index contributed by atoms with van der Waals surface area (Å²) in [4.78, 5) is 29.4. The lowest BCUT2D eigenvalue weighted by atomic mass is 9.94. The Hall–Kier alpha value is -3.39. The Kier molecular flexibility index (Phi) is 7.15. The van der Waals surface area contributed by atoms with Gasteiger partial charge in [-0.3, -0.25) is 9.59 Å². The number of rotatable bonds is 8. The van der Waals surface area contributed by atoms with Gasteiger partial charge in [-0.25, -0.2) is 4.39 Å². The van der Waals surface area contributed by atoms with Crippen molar-refractivity contribution in [2.24, 2.45) is 0 Å². The van der Waals surface area contributed by atoms with Crippen molar-refractivity contribution in [1.82, 2.24) is 9.80 Å². The van der Waals surface area contributed by atoms with E-state index in [2.05, 4.69) is 0 Å². The molecule has 1 saturated heterocycles. The number of amides is 1. The predicted molar refractivity (Wildman–Crippen MR) is 118 cm³/mol. The maximum absolute atomic E-state index is 14.3. The normalized spacial score (nSPS) is 17.8. The highest BCUT2D eigenvalue weighted by Crippen LogP contribution is 2.42. The van der Waals surface area contributed by atoms with Gasteiger partial charge in [-0.2, -0.15) is 0 Å². The zero-order chi connectivity index (χ0) is 23.4. The maximum atomic E-state index is 14.3. The number of aliphatic hydroxyl groups excluding tert-OH is 1. The van der Waals surface area contributed by atoms with E-state index < -0.39 is 29.3 Å². The average Bonchev–Trinajstić information content (AvgIpc) is 3.03. The van der Waals surface area contributed by atoms with Crippen LogP contribution >= 0.6 is 0 Å². The maximum Gasteiger partial charge on any atom is 0.295 e.